The molecule has 1 amide bonds. The topological polar surface area (TPSA) is 66.9 Å². The molecule has 0 saturated carbocycles. The number of amides is 1. The molecule has 0 atom stereocenters. The Balaban J connectivity index is 1.81. The monoisotopic (exact) mass is 358 g/mol. The Bertz CT molecular complexity index is 658. The van der Waals surface area contributed by atoms with Gasteiger partial charge in [0.05, 0.1) is 12.4 Å². The molecule has 0 unspecified atom stereocenters. The van der Waals surface area contributed by atoms with Gasteiger partial charge in [0.25, 0.3) is 0 Å². The average Bonchev–Trinajstić information content (AvgIpc) is 2.59. The van der Waals surface area contributed by atoms with Crippen molar-refractivity contribution in [3.8, 4) is 0 Å². The maximum Gasteiger partial charge on any atom is 0.222 e. The summed E-state index contributed by atoms with van der Waals surface area (Å²) in [5.74, 6) is -0.434. The third-order valence-corrected chi connectivity index (χ3v) is 5.93. The minimum atomic E-state index is -3.33. The van der Waals surface area contributed by atoms with Crippen LogP contribution in [0.3, 0.4) is 0 Å². The zero-order chi connectivity index (χ0) is 17.6. The quantitative estimate of drug-likeness (QED) is 0.726. The van der Waals surface area contributed by atoms with E-state index in [0.717, 1.165) is 0 Å². The number of carbonyl (C=O) groups excluding carboxylic acids is 1. The Morgan fingerprint density at radius 2 is 1.88 bits per heavy atom. The minimum Gasteiger partial charge on any atom is -0.384 e. The summed E-state index contributed by atoms with van der Waals surface area (Å²) in [6.45, 7) is 1.46. The zero-order valence-corrected chi connectivity index (χ0v) is 14.6. The van der Waals surface area contributed by atoms with Gasteiger partial charge in [-0.3, -0.25) is 4.79 Å². The fourth-order valence-corrected chi connectivity index (χ4v) is 3.99. The second-order valence-electron chi connectivity index (χ2n) is 5.68. The highest BCUT2D eigenvalue weighted by atomic mass is 32.2. The fraction of sp³-hybridized carbons (Fsp3) is 0.562. The number of hydrogen-bond acceptors (Lipinski definition) is 4. The number of benzene rings is 1. The average molecular weight is 358 g/mol. The van der Waals surface area contributed by atoms with Crippen LogP contribution in [0.1, 0.15) is 12.0 Å². The lowest BCUT2D eigenvalue weighted by Crippen LogP contribution is -2.51. The van der Waals surface area contributed by atoms with Crippen molar-refractivity contribution in [1.82, 2.24) is 9.21 Å². The van der Waals surface area contributed by atoms with Crippen LogP contribution in [-0.4, -0.2) is 69.2 Å². The lowest BCUT2D eigenvalue weighted by molar-refractivity contribution is -0.132. The third-order valence-electron chi connectivity index (χ3n) is 4.10. The van der Waals surface area contributed by atoms with E-state index in [4.69, 9.17) is 4.74 Å². The molecule has 1 aromatic carbocycles. The number of nitrogens with zero attached hydrogens (tertiary/aromatic N) is 2. The molecule has 0 radical (unpaired) electrons. The van der Waals surface area contributed by atoms with Gasteiger partial charge in [-0.05, 0) is 18.1 Å². The summed E-state index contributed by atoms with van der Waals surface area (Å²) in [4.78, 5) is 13.9. The van der Waals surface area contributed by atoms with Gasteiger partial charge in [-0.15, -0.1) is 0 Å². The van der Waals surface area contributed by atoms with Crippen molar-refractivity contribution in [3.63, 3.8) is 0 Å². The van der Waals surface area contributed by atoms with E-state index < -0.39 is 10.0 Å². The van der Waals surface area contributed by atoms with Crippen LogP contribution in [0.2, 0.25) is 0 Å². The molecule has 1 aliphatic rings. The van der Waals surface area contributed by atoms with Crippen LogP contribution >= 0.6 is 0 Å². The maximum atomic E-state index is 13.6. The van der Waals surface area contributed by atoms with Gasteiger partial charge in [0, 0.05) is 39.7 Å². The molecule has 1 fully saturated rings. The van der Waals surface area contributed by atoms with Gasteiger partial charge in [-0.2, -0.15) is 4.31 Å². The van der Waals surface area contributed by atoms with Crippen molar-refractivity contribution in [2.45, 2.75) is 12.8 Å². The molecule has 0 aromatic heterocycles. The summed E-state index contributed by atoms with van der Waals surface area (Å²) in [5.41, 5.74) is 0.520. The molecule has 2 rings (SSSR count). The van der Waals surface area contributed by atoms with Crippen LogP contribution in [0.5, 0.6) is 0 Å². The summed E-state index contributed by atoms with van der Waals surface area (Å²) in [6.07, 6.45) is 0.565. The van der Waals surface area contributed by atoms with E-state index in [0.29, 0.717) is 25.1 Å². The van der Waals surface area contributed by atoms with Gasteiger partial charge in [-0.1, -0.05) is 18.2 Å². The lowest BCUT2D eigenvalue weighted by Gasteiger charge is -2.34. The second-order valence-corrected chi connectivity index (χ2v) is 7.77. The van der Waals surface area contributed by atoms with E-state index in [1.54, 1.807) is 23.1 Å². The number of sulfonamides is 1. The number of methoxy groups -OCH3 is 1. The van der Waals surface area contributed by atoms with Crippen LogP contribution in [0.25, 0.3) is 0 Å². The Hall–Kier alpha value is -1.51. The lowest BCUT2D eigenvalue weighted by atomic mass is 10.1. The minimum absolute atomic E-state index is 0.0509. The number of carbonyl (C=O) groups is 1. The van der Waals surface area contributed by atoms with E-state index in [1.807, 2.05) is 0 Å². The molecular formula is C16H23FN2O4S. The summed E-state index contributed by atoms with van der Waals surface area (Å²) >= 11 is 0. The van der Waals surface area contributed by atoms with E-state index in [1.165, 1.54) is 17.5 Å². The largest absolute Gasteiger partial charge is 0.384 e. The predicted octanol–water partition coefficient (Wildman–Crippen LogP) is 0.879. The van der Waals surface area contributed by atoms with E-state index in [9.17, 15) is 17.6 Å². The predicted molar refractivity (Wildman–Crippen MR) is 88.5 cm³/mol. The fourth-order valence-electron chi connectivity index (χ4n) is 2.63. The molecule has 8 heteroatoms. The molecule has 0 spiro atoms. The maximum absolute atomic E-state index is 13.6. The van der Waals surface area contributed by atoms with Gasteiger partial charge in [0.2, 0.25) is 15.9 Å². The van der Waals surface area contributed by atoms with E-state index in [2.05, 4.69) is 0 Å². The van der Waals surface area contributed by atoms with Crippen molar-refractivity contribution >= 4 is 15.9 Å². The Labute approximate surface area is 142 Å². The van der Waals surface area contributed by atoms with Crippen molar-refractivity contribution < 1.29 is 22.3 Å². The Morgan fingerprint density at radius 1 is 1.21 bits per heavy atom. The smallest absolute Gasteiger partial charge is 0.222 e. The molecule has 0 aliphatic carbocycles. The molecule has 0 bridgehead atoms. The number of ether oxygens (including phenoxy) is 1. The number of aryl methyl sites for hydroxylation is 1. The van der Waals surface area contributed by atoms with Crippen LogP contribution in [-0.2, 0) is 26.0 Å². The van der Waals surface area contributed by atoms with Crippen molar-refractivity contribution in [1.29, 1.82) is 0 Å². The Morgan fingerprint density at radius 3 is 2.50 bits per heavy atom. The highest BCUT2D eigenvalue weighted by Gasteiger charge is 2.28. The number of piperazine rings is 1. The molecule has 134 valence electrons. The first-order valence-corrected chi connectivity index (χ1v) is 9.53. The van der Waals surface area contributed by atoms with Crippen molar-refractivity contribution in [2.75, 3.05) is 45.6 Å². The first kappa shape index (κ1) is 18.8. The van der Waals surface area contributed by atoms with Gasteiger partial charge in [0.1, 0.15) is 5.82 Å². The number of hydrogen-bond donors (Lipinski definition) is 0. The molecule has 0 N–H and O–H groups in total. The van der Waals surface area contributed by atoms with Crippen molar-refractivity contribution in [3.05, 3.63) is 35.6 Å². The standard InChI is InChI=1S/C16H23FN2O4S/c1-23-12-13-24(21,22)19-10-8-18(9-11-19)16(20)7-6-14-4-2-3-5-15(14)17/h2-5H,6-13H2,1H3. The third kappa shape index (κ3) is 4.99. The molecular weight excluding hydrogens is 335 g/mol. The SMILES string of the molecule is COCCS(=O)(=O)N1CCN(C(=O)CCc2ccccc2F)CC1. The van der Waals surface area contributed by atoms with E-state index >= 15 is 0 Å². The van der Waals surface area contributed by atoms with Gasteiger partial charge < -0.3 is 9.64 Å². The normalized spacial score (nSPS) is 16.3. The highest BCUT2D eigenvalue weighted by molar-refractivity contribution is 7.89. The van der Waals surface area contributed by atoms with Crippen LogP contribution in [0, 0.1) is 5.82 Å². The summed E-state index contributed by atoms with van der Waals surface area (Å²) in [6, 6.07) is 6.41. The van der Waals surface area contributed by atoms with Crippen LogP contribution in [0.4, 0.5) is 4.39 Å². The van der Waals surface area contributed by atoms with Gasteiger partial charge in [0.15, 0.2) is 0 Å². The molecule has 24 heavy (non-hydrogen) atoms. The summed E-state index contributed by atoms with van der Waals surface area (Å²) in [5, 5.41) is 0. The van der Waals surface area contributed by atoms with Crippen molar-refractivity contribution in [2.24, 2.45) is 0 Å². The summed E-state index contributed by atoms with van der Waals surface area (Å²) < 4.78 is 43.9. The first-order chi connectivity index (χ1) is 11.4. The first-order valence-electron chi connectivity index (χ1n) is 7.92. The van der Waals surface area contributed by atoms with Gasteiger partial charge >= 0.3 is 0 Å². The van der Waals surface area contributed by atoms with Gasteiger partial charge in [-0.25, -0.2) is 12.8 Å². The van der Waals surface area contributed by atoms with Crippen LogP contribution < -0.4 is 0 Å². The molecule has 1 aromatic rings. The highest BCUT2D eigenvalue weighted by Crippen LogP contribution is 2.13. The second kappa shape index (κ2) is 8.55. The molecule has 1 heterocycles. The summed E-state index contributed by atoms with van der Waals surface area (Å²) in [7, 11) is -1.87. The zero-order valence-electron chi connectivity index (χ0n) is 13.8. The van der Waals surface area contributed by atoms with E-state index in [-0.39, 0.29) is 43.6 Å². The number of rotatable bonds is 7. The molecule has 1 aliphatic heterocycles. The Kier molecular flexibility index (Phi) is 6.70. The van der Waals surface area contributed by atoms with Crippen LogP contribution in [0.15, 0.2) is 24.3 Å². The number of halogens is 1. The molecule has 1 saturated heterocycles. The molecule has 6 nitrogen and oxygen atoms in total.